The molecule has 2 N–H and O–H groups in total. The normalized spacial score (nSPS) is 15.2. The lowest BCUT2D eigenvalue weighted by Crippen LogP contribution is -2.51. The first-order valence-corrected chi connectivity index (χ1v) is 13.3. The maximum Gasteiger partial charge on any atom is 0.325 e. The van der Waals surface area contributed by atoms with E-state index < -0.39 is 18.0 Å². The van der Waals surface area contributed by atoms with Crippen molar-refractivity contribution in [3.8, 4) is 0 Å². The average molecular weight is 546 g/mol. The number of carbonyl (C=O) groups is 3. The number of ether oxygens (including phenoxy) is 1. The quantitative estimate of drug-likeness (QED) is 0.325. The van der Waals surface area contributed by atoms with E-state index in [0.29, 0.717) is 34.8 Å². The Morgan fingerprint density at radius 1 is 1.00 bits per heavy atom. The zero-order valence-electron chi connectivity index (χ0n) is 22.0. The third-order valence-electron chi connectivity index (χ3n) is 6.68. The molecule has 8 heteroatoms. The van der Waals surface area contributed by atoms with Crippen molar-refractivity contribution in [2.24, 2.45) is 0 Å². The molecule has 0 aromatic heterocycles. The molecule has 1 aliphatic heterocycles. The number of carbonyl (C=O) groups excluding carboxylic acids is 3. The summed E-state index contributed by atoms with van der Waals surface area (Å²) in [7, 11) is 0. The Morgan fingerprint density at radius 3 is 2.23 bits per heavy atom. The number of amides is 3. The van der Waals surface area contributed by atoms with Crippen LogP contribution in [-0.4, -0.2) is 42.5 Å². The zero-order chi connectivity index (χ0) is 27.8. The SMILES string of the molecule is CCOC(=O)CN1C(=O)NC(C)=C(C(=O)NCCC(c2ccccc2)c2ccccc2)C1c1cccc(Cl)c1. The van der Waals surface area contributed by atoms with E-state index in [4.69, 9.17) is 16.3 Å². The Labute approximate surface area is 233 Å². The van der Waals surface area contributed by atoms with Crippen LogP contribution in [-0.2, 0) is 14.3 Å². The van der Waals surface area contributed by atoms with Crippen LogP contribution in [0.2, 0.25) is 5.02 Å². The van der Waals surface area contributed by atoms with Gasteiger partial charge in [0.25, 0.3) is 5.91 Å². The van der Waals surface area contributed by atoms with Gasteiger partial charge in [-0.3, -0.25) is 9.59 Å². The van der Waals surface area contributed by atoms with Crippen LogP contribution in [0, 0.1) is 0 Å². The Bertz CT molecular complexity index is 1300. The highest BCUT2D eigenvalue weighted by molar-refractivity contribution is 6.30. The molecule has 1 heterocycles. The van der Waals surface area contributed by atoms with E-state index in [1.165, 1.54) is 4.90 Å². The molecule has 0 bridgehead atoms. The van der Waals surface area contributed by atoms with Crippen LogP contribution in [0.3, 0.4) is 0 Å². The van der Waals surface area contributed by atoms with E-state index >= 15 is 0 Å². The van der Waals surface area contributed by atoms with Gasteiger partial charge in [0.15, 0.2) is 0 Å². The number of halogens is 1. The molecular weight excluding hydrogens is 514 g/mol. The molecule has 0 spiro atoms. The minimum atomic E-state index is -0.819. The Hall–Kier alpha value is -4.10. The number of nitrogens with zero attached hydrogens (tertiary/aromatic N) is 1. The molecule has 0 saturated carbocycles. The number of nitrogens with one attached hydrogen (secondary N) is 2. The second-order valence-corrected chi connectivity index (χ2v) is 9.71. The van der Waals surface area contributed by atoms with E-state index in [-0.39, 0.29) is 25.0 Å². The number of esters is 1. The molecule has 3 aromatic carbocycles. The van der Waals surface area contributed by atoms with E-state index in [9.17, 15) is 14.4 Å². The molecule has 1 unspecified atom stereocenters. The summed E-state index contributed by atoms with van der Waals surface area (Å²) in [6, 6.07) is 26.0. The van der Waals surface area contributed by atoms with Crippen molar-refractivity contribution >= 4 is 29.5 Å². The smallest absolute Gasteiger partial charge is 0.325 e. The summed E-state index contributed by atoms with van der Waals surface area (Å²) in [4.78, 5) is 40.4. The molecule has 39 heavy (non-hydrogen) atoms. The molecule has 3 aromatic rings. The highest BCUT2D eigenvalue weighted by Crippen LogP contribution is 2.35. The summed E-state index contributed by atoms with van der Waals surface area (Å²) in [5.41, 5.74) is 3.71. The first kappa shape index (κ1) is 27.9. The second-order valence-electron chi connectivity index (χ2n) is 9.28. The predicted octanol–water partition coefficient (Wildman–Crippen LogP) is 5.58. The molecule has 4 rings (SSSR count). The van der Waals surface area contributed by atoms with E-state index in [1.807, 2.05) is 36.4 Å². The number of urea groups is 1. The van der Waals surface area contributed by atoms with Gasteiger partial charge in [-0.1, -0.05) is 84.4 Å². The molecule has 3 amide bonds. The van der Waals surface area contributed by atoms with Gasteiger partial charge in [0.05, 0.1) is 18.2 Å². The zero-order valence-corrected chi connectivity index (χ0v) is 22.8. The molecule has 0 saturated heterocycles. The third kappa shape index (κ3) is 6.86. The van der Waals surface area contributed by atoms with Crippen molar-refractivity contribution in [1.82, 2.24) is 15.5 Å². The van der Waals surface area contributed by atoms with Crippen LogP contribution in [0.4, 0.5) is 4.79 Å². The third-order valence-corrected chi connectivity index (χ3v) is 6.92. The minimum Gasteiger partial charge on any atom is -0.465 e. The Balaban J connectivity index is 1.59. The van der Waals surface area contributed by atoms with Gasteiger partial charge in [-0.25, -0.2) is 4.79 Å². The van der Waals surface area contributed by atoms with Gasteiger partial charge in [0, 0.05) is 23.2 Å². The minimum absolute atomic E-state index is 0.0953. The van der Waals surface area contributed by atoms with Crippen molar-refractivity contribution in [3.05, 3.63) is 118 Å². The fourth-order valence-electron chi connectivity index (χ4n) is 4.93. The monoisotopic (exact) mass is 545 g/mol. The number of hydrogen-bond donors (Lipinski definition) is 2. The summed E-state index contributed by atoms with van der Waals surface area (Å²) in [5, 5.41) is 6.25. The molecular formula is C31H32ClN3O4. The highest BCUT2D eigenvalue weighted by atomic mass is 35.5. The van der Waals surface area contributed by atoms with Crippen LogP contribution in [0.25, 0.3) is 0 Å². The van der Waals surface area contributed by atoms with Gasteiger partial charge in [-0.05, 0) is 49.1 Å². The van der Waals surface area contributed by atoms with Crippen LogP contribution in [0.1, 0.15) is 48.9 Å². The standard InChI is InChI=1S/C31H32ClN3O4/c1-3-39-27(36)20-35-29(24-15-10-16-25(32)19-24)28(21(2)34-31(35)38)30(37)33-18-17-26(22-11-6-4-7-12-22)23-13-8-5-9-14-23/h4-16,19,26,29H,3,17-18,20H2,1-2H3,(H,33,37)(H,34,38). The van der Waals surface area contributed by atoms with Crippen LogP contribution >= 0.6 is 11.6 Å². The molecule has 0 fully saturated rings. The van der Waals surface area contributed by atoms with Gasteiger partial charge in [0.1, 0.15) is 6.54 Å². The Kier molecular flexibility index (Phi) is 9.39. The van der Waals surface area contributed by atoms with Crippen LogP contribution in [0.5, 0.6) is 0 Å². The second kappa shape index (κ2) is 13.1. The summed E-state index contributed by atoms with van der Waals surface area (Å²) < 4.78 is 5.10. The van der Waals surface area contributed by atoms with Gasteiger partial charge >= 0.3 is 12.0 Å². The van der Waals surface area contributed by atoms with Gasteiger partial charge in [-0.15, -0.1) is 0 Å². The first-order chi connectivity index (χ1) is 18.9. The molecule has 0 aliphatic carbocycles. The summed E-state index contributed by atoms with van der Waals surface area (Å²) in [5.74, 6) is -0.795. The molecule has 0 radical (unpaired) electrons. The van der Waals surface area contributed by atoms with Gasteiger partial charge in [-0.2, -0.15) is 0 Å². The first-order valence-electron chi connectivity index (χ1n) is 13.0. The summed E-state index contributed by atoms with van der Waals surface area (Å²) in [6.07, 6.45) is 0.673. The van der Waals surface area contributed by atoms with Crippen molar-refractivity contribution in [2.75, 3.05) is 19.7 Å². The average Bonchev–Trinajstić information content (AvgIpc) is 2.93. The topological polar surface area (TPSA) is 87.7 Å². The van der Waals surface area contributed by atoms with E-state index in [2.05, 4.69) is 34.9 Å². The molecule has 1 aliphatic rings. The lowest BCUT2D eigenvalue weighted by molar-refractivity contribution is -0.144. The fraction of sp³-hybridized carbons (Fsp3) is 0.258. The number of rotatable bonds is 10. The summed E-state index contributed by atoms with van der Waals surface area (Å²) >= 11 is 6.27. The van der Waals surface area contributed by atoms with Crippen molar-refractivity contribution in [1.29, 1.82) is 0 Å². The highest BCUT2D eigenvalue weighted by Gasteiger charge is 2.39. The lowest BCUT2D eigenvalue weighted by atomic mass is 9.88. The van der Waals surface area contributed by atoms with Crippen molar-refractivity contribution in [3.63, 3.8) is 0 Å². The molecule has 7 nitrogen and oxygen atoms in total. The maximum absolute atomic E-state index is 13.7. The van der Waals surface area contributed by atoms with Crippen molar-refractivity contribution in [2.45, 2.75) is 32.2 Å². The van der Waals surface area contributed by atoms with Gasteiger partial charge < -0.3 is 20.3 Å². The van der Waals surface area contributed by atoms with Crippen LogP contribution < -0.4 is 10.6 Å². The van der Waals surface area contributed by atoms with E-state index in [0.717, 1.165) is 11.1 Å². The van der Waals surface area contributed by atoms with E-state index in [1.54, 1.807) is 38.1 Å². The van der Waals surface area contributed by atoms with Crippen molar-refractivity contribution < 1.29 is 19.1 Å². The number of hydrogen-bond acceptors (Lipinski definition) is 4. The van der Waals surface area contributed by atoms with Gasteiger partial charge in [0.2, 0.25) is 0 Å². The Morgan fingerprint density at radius 2 is 1.64 bits per heavy atom. The number of allylic oxidation sites excluding steroid dienone is 1. The molecule has 202 valence electrons. The lowest BCUT2D eigenvalue weighted by Gasteiger charge is -2.37. The predicted molar refractivity (Wildman–Crippen MR) is 151 cm³/mol. The fourth-order valence-corrected chi connectivity index (χ4v) is 5.12. The maximum atomic E-state index is 13.7. The molecule has 1 atom stereocenters. The largest absolute Gasteiger partial charge is 0.465 e. The number of benzene rings is 3. The summed E-state index contributed by atoms with van der Waals surface area (Å²) in [6.45, 7) is 3.65. The van der Waals surface area contributed by atoms with Crippen LogP contribution in [0.15, 0.2) is 96.2 Å².